The average molecular weight is 416 g/mol. The number of halogens is 1. The molecule has 1 N–H and O–H groups in total. The molecular formula is C24H34FN3O2. The van der Waals surface area contributed by atoms with Crippen LogP contribution in [0.3, 0.4) is 0 Å². The van der Waals surface area contributed by atoms with Gasteiger partial charge in [-0.15, -0.1) is 0 Å². The molecule has 2 aliphatic heterocycles. The van der Waals surface area contributed by atoms with Gasteiger partial charge in [-0.2, -0.15) is 0 Å². The molecule has 30 heavy (non-hydrogen) atoms. The molecular weight excluding hydrogens is 381 g/mol. The largest absolute Gasteiger partial charge is 0.369 e. The van der Waals surface area contributed by atoms with Crippen molar-refractivity contribution in [3.8, 4) is 0 Å². The lowest BCUT2D eigenvalue weighted by Crippen LogP contribution is -2.41. The molecule has 1 aromatic rings. The highest BCUT2D eigenvalue weighted by Gasteiger charge is 2.29. The number of nitrogens with zero attached hydrogens (tertiary/aromatic N) is 2. The van der Waals surface area contributed by atoms with E-state index in [2.05, 4.69) is 22.2 Å². The van der Waals surface area contributed by atoms with Gasteiger partial charge in [0.2, 0.25) is 11.8 Å². The first-order valence-electron chi connectivity index (χ1n) is 11.6. The lowest BCUT2D eigenvalue weighted by atomic mass is 9.90. The van der Waals surface area contributed by atoms with Crippen LogP contribution in [-0.2, 0) is 9.59 Å². The number of anilines is 1. The fourth-order valence-corrected chi connectivity index (χ4v) is 5.44. The first-order valence-corrected chi connectivity index (χ1v) is 11.6. The second-order valence-electron chi connectivity index (χ2n) is 9.38. The number of benzene rings is 1. The second-order valence-corrected chi connectivity index (χ2v) is 9.38. The molecule has 1 unspecified atom stereocenters. The number of nitrogens with one attached hydrogen (secondary N) is 1. The van der Waals surface area contributed by atoms with Gasteiger partial charge in [-0.3, -0.25) is 14.9 Å². The van der Waals surface area contributed by atoms with Gasteiger partial charge in [0.15, 0.2) is 0 Å². The third kappa shape index (κ3) is 4.85. The molecule has 1 aromatic carbocycles. The number of carbonyl (C=O) groups is 2. The summed E-state index contributed by atoms with van der Waals surface area (Å²) in [5.41, 5.74) is 1.29. The fraction of sp³-hybridized carbons (Fsp3) is 0.667. The Hall–Kier alpha value is -1.95. The van der Waals surface area contributed by atoms with Gasteiger partial charge in [0.1, 0.15) is 5.82 Å². The summed E-state index contributed by atoms with van der Waals surface area (Å²) in [5.74, 6) is -0.590. The first-order chi connectivity index (χ1) is 14.5. The number of carbonyl (C=O) groups excluding carboxylic acids is 2. The van der Waals surface area contributed by atoms with Crippen LogP contribution in [0.1, 0.15) is 69.3 Å². The molecule has 1 saturated carbocycles. The van der Waals surface area contributed by atoms with Gasteiger partial charge in [0.25, 0.3) is 0 Å². The Kier molecular flexibility index (Phi) is 6.71. The number of hydrogen-bond acceptors (Lipinski definition) is 4. The van der Waals surface area contributed by atoms with Crippen LogP contribution in [-0.4, -0.2) is 49.4 Å². The SMILES string of the molecule is CN(CC1CCN(c2ccc(C3CCC(=O)NC3=O)cc2F)CC1)C1CCCCC1. The Labute approximate surface area is 179 Å². The van der Waals surface area contributed by atoms with Crippen molar-refractivity contribution in [1.82, 2.24) is 10.2 Å². The Morgan fingerprint density at radius 2 is 1.80 bits per heavy atom. The molecule has 164 valence electrons. The molecule has 6 heteroatoms. The van der Waals surface area contributed by atoms with Crippen molar-refractivity contribution in [1.29, 1.82) is 0 Å². The van der Waals surface area contributed by atoms with Gasteiger partial charge in [0, 0.05) is 32.1 Å². The number of amides is 2. The molecule has 1 aliphatic carbocycles. The van der Waals surface area contributed by atoms with Crippen LogP contribution >= 0.6 is 0 Å². The Morgan fingerprint density at radius 3 is 2.47 bits per heavy atom. The molecule has 3 aliphatic rings. The monoisotopic (exact) mass is 415 g/mol. The van der Waals surface area contributed by atoms with Crippen LogP contribution in [0.2, 0.25) is 0 Å². The number of imide groups is 1. The number of piperidine rings is 2. The van der Waals surface area contributed by atoms with Crippen LogP contribution in [0.4, 0.5) is 10.1 Å². The molecule has 0 radical (unpaired) electrons. The maximum Gasteiger partial charge on any atom is 0.234 e. The summed E-state index contributed by atoms with van der Waals surface area (Å²) in [6, 6.07) is 5.89. The predicted octanol–water partition coefficient (Wildman–Crippen LogP) is 3.83. The number of hydrogen-bond donors (Lipinski definition) is 1. The number of rotatable bonds is 5. The molecule has 2 amide bonds. The minimum absolute atomic E-state index is 0.245. The van der Waals surface area contributed by atoms with Crippen molar-refractivity contribution in [3.05, 3.63) is 29.6 Å². The van der Waals surface area contributed by atoms with Crippen molar-refractivity contribution in [2.24, 2.45) is 5.92 Å². The van der Waals surface area contributed by atoms with Gasteiger partial charge >= 0.3 is 0 Å². The van der Waals surface area contributed by atoms with Gasteiger partial charge in [-0.1, -0.05) is 25.3 Å². The molecule has 4 rings (SSSR count). The highest BCUT2D eigenvalue weighted by atomic mass is 19.1. The topological polar surface area (TPSA) is 52.6 Å². The van der Waals surface area contributed by atoms with Crippen molar-refractivity contribution >= 4 is 17.5 Å². The van der Waals surface area contributed by atoms with Crippen molar-refractivity contribution in [3.63, 3.8) is 0 Å². The summed E-state index contributed by atoms with van der Waals surface area (Å²) in [6.07, 6.45) is 9.71. The van der Waals surface area contributed by atoms with Gasteiger partial charge < -0.3 is 9.80 Å². The molecule has 0 bridgehead atoms. The molecule has 2 heterocycles. The van der Waals surface area contributed by atoms with Crippen LogP contribution in [0, 0.1) is 11.7 Å². The Morgan fingerprint density at radius 1 is 1.07 bits per heavy atom. The summed E-state index contributed by atoms with van der Waals surface area (Å²) in [7, 11) is 2.27. The summed E-state index contributed by atoms with van der Waals surface area (Å²) in [5, 5.41) is 2.35. The minimum atomic E-state index is -0.438. The lowest BCUT2D eigenvalue weighted by molar-refractivity contribution is -0.134. The van der Waals surface area contributed by atoms with E-state index in [1.54, 1.807) is 0 Å². The van der Waals surface area contributed by atoms with E-state index in [0.717, 1.165) is 38.5 Å². The molecule has 1 atom stereocenters. The molecule has 5 nitrogen and oxygen atoms in total. The smallest absolute Gasteiger partial charge is 0.234 e. The molecule has 0 aromatic heterocycles. The molecule has 3 fully saturated rings. The Bertz CT molecular complexity index is 770. The maximum absolute atomic E-state index is 14.9. The van der Waals surface area contributed by atoms with Crippen LogP contribution in [0.5, 0.6) is 0 Å². The first kappa shape index (κ1) is 21.3. The summed E-state index contributed by atoms with van der Waals surface area (Å²) >= 11 is 0. The van der Waals surface area contributed by atoms with Crippen LogP contribution in [0.25, 0.3) is 0 Å². The van der Waals surface area contributed by atoms with E-state index in [1.807, 2.05) is 12.1 Å². The summed E-state index contributed by atoms with van der Waals surface area (Å²) in [4.78, 5) is 28.1. The Balaban J connectivity index is 1.32. The van der Waals surface area contributed by atoms with Crippen LogP contribution < -0.4 is 10.2 Å². The summed E-state index contributed by atoms with van der Waals surface area (Å²) in [6.45, 7) is 2.89. The zero-order valence-corrected chi connectivity index (χ0v) is 18.0. The lowest BCUT2D eigenvalue weighted by Gasteiger charge is -2.38. The predicted molar refractivity (Wildman–Crippen MR) is 116 cm³/mol. The molecule has 0 spiro atoms. The van der Waals surface area contributed by atoms with Gasteiger partial charge in [0.05, 0.1) is 11.6 Å². The average Bonchev–Trinajstić information content (AvgIpc) is 2.75. The third-order valence-electron chi connectivity index (χ3n) is 7.31. The van der Waals surface area contributed by atoms with E-state index in [-0.39, 0.29) is 17.6 Å². The quantitative estimate of drug-likeness (QED) is 0.743. The van der Waals surface area contributed by atoms with Gasteiger partial charge in [-0.25, -0.2) is 4.39 Å². The van der Waals surface area contributed by atoms with Crippen LogP contribution in [0.15, 0.2) is 18.2 Å². The second kappa shape index (κ2) is 9.46. The van der Waals surface area contributed by atoms with E-state index in [4.69, 9.17) is 0 Å². The normalized spacial score (nSPS) is 24.4. The maximum atomic E-state index is 14.9. The van der Waals surface area contributed by atoms with E-state index in [0.29, 0.717) is 30.0 Å². The fourth-order valence-electron chi connectivity index (χ4n) is 5.44. The third-order valence-corrected chi connectivity index (χ3v) is 7.31. The highest BCUT2D eigenvalue weighted by Crippen LogP contribution is 2.31. The minimum Gasteiger partial charge on any atom is -0.369 e. The zero-order chi connectivity index (χ0) is 21.1. The van der Waals surface area contributed by atoms with Crippen molar-refractivity contribution in [2.75, 3.05) is 31.6 Å². The van der Waals surface area contributed by atoms with Crippen molar-refractivity contribution in [2.45, 2.75) is 69.7 Å². The standard InChI is InChI=1S/C24H34FN3O2/c1-27(19-5-3-2-4-6-19)16-17-11-13-28(14-12-17)22-9-7-18(15-21(22)25)20-8-10-23(29)26-24(20)30/h7,9,15,17,19-20H,2-6,8,10-14,16H2,1H3,(H,26,29,30). The van der Waals surface area contributed by atoms with E-state index in [9.17, 15) is 14.0 Å². The highest BCUT2D eigenvalue weighted by molar-refractivity contribution is 6.00. The van der Waals surface area contributed by atoms with E-state index >= 15 is 0 Å². The van der Waals surface area contributed by atoms with Gasteiger partial charge in [-0.05, 0) is 62.8 Å². The van der Waals surface area contributed by atoms with E-state index in [1.165, 1.54) is 38.2 Å². The molecule has 2 saturated heterocycles. The van der Waals surface area contributed by atoms with E-state index < -0.39 is 5.92 Å². The van der Waals surface area contributed by atoms with Crippen molar-refractivity contribution < 1.29 is 14.0 Å². The summed E-state index contributed by atoms with van der Waals surface area (Å²) < 4.78 is 14.9. The zero-order valence-electron chi connectivity index (χ0n) is 18.0.